The summed E-state index contributed by atoms with van der Waals surface area (Å²) in [7, 11) is 0. The summed E-state index contributed by atoms with van der Waals surface area (Å²) in [5.41, 5.74) is 14.3. The number of hydrogen-bond acceptors (Lipinski definition) is 2. The zero-order valence-electron chi connectivity index (χ0n) is 37.0. The SMILES string of the molecule is CCCCCCn1c2cc(-c3ccnc(-c4ccc5ccccc5c4)c3)ccc2c2cc3c(cc21)c1ccc(-c2ccnc(-c4ccc5ccccc5c4)c2)cc1n3CCCCCC. The second kappa shape index (κ2) is 17.3. The minimum Gasteiger partial charge on any atom is -0.340 e. The topological polar surface area (TPSA) is 35.6 Å². The number of unbranched alkanes of at least 4 members (excludes halogenated alkanes) is 6. The lowest BCUT2D eigenvalue weighted by molar-refractivity contribution is 0.602. The van der Waals surface area contributed by atoms with E-state index in [0.29, 0.717) is 0 Å². The predicted octanol–water partition coefficient (Wildman–Crippen LogP) is 16.8. The number of hydrogen-bond donors (Lipinski definition) is 0. The van der Waals surface area contributed by atoms with Crippen molar-refractivity contribution in [2.75, 3.05) is 0 Å². The van der Waals surface area contributed by atoms with Crippen LogP contribution in [0.1, 0.15) is 65.2 Å². The zero-order valence-corrected chi connectivity index (χ0v) is 37.0. The molecular formula is C60H54N4. The Bertz CT molecular complexity index is 3260. The van der Waals surface area contributed by atoms with Gasteiger partial charge in [-0.25, -0.2) is 0 Å². The van der Waals surface area contributed by atoms with E-state index in [4.69, 9.17) is 9.97 Å². The van der Waals surface area contributed by atoms with Crippen LogP contribution in [0.3, 0.4) is 0 Å². The molecule has 0 amide bonds. The van der Waals surface area contributed by atoms with Gasteiger partial charge in [-0.1, -0.05) is 149 Å². The Kier molecular flexibility index (Phi) is 10.7. The fraction of sp³-hybridized carbons (Fsp3) is 0.200. The van der Waals surface area contributed by atoms with Crippen LogP contribution in [-0.4, -0.2) is 19.1 Å². The van der Waals surface area contributed by atoms with Crippen molar-refractivity contribution < 1.29 is 0 Å². The third-order valence-electron chi connectivity index (χ3n) is 13.6. The Balaban J connectivity index is 1.03. The molecule has 4 heteroatoms. The van der Waals surface area contributed by atoms with Gasteiger partial charge in [0.05, 0.1) is 11.4 Å². The Labute approximate surface area is 375 Å². The largest absolute Gasteiger partial charge is 0.340 e. The van der Waals surface area contributed by atoms with Crippen molar-refractivity contribution >= 4 is 65.2 Å². The van der Waals surface area contributed by atoms with Crippen LogP contribution in [-0.2, 0) is 13.1 Å². The molecule has 0 aliphatic heterocycles. The average molecular weight is 831 g/mol. The Morgan fingerprint density at radius 3 is 1.19 bits per heavy atom. The van der Waals surface area contributed by atoms with Crippen molar-refractivity contribution in [3.05, 3.63) is 170 Å². The van der Waals surface area contributed by atoms with Crippen molar-refractivity contribution in [2.24, 2.45) is 0 Å². The van der Waals surface area contributed by atoms with Crippen molar-refractivity contribution in [1.29, 1.82) is 0 Å². The standard InChI is InChI=1S/C60H54N4/c1-3-5-7-13-31-63-57-37-45(47-27-29-61-55(35-47)49-21-19-41-15-9-11-17-43(41)33-49)23-25-51(57)53-40-60-54(39-59(53)63)52-26-24-46(38-58(52)64(60)32-14-8-6-4-2)48-28-30-62-56(36-48)50-22-20-42-16-10-12-18-44(42)34-50/h9-12,15-30,33-40H,3-8,13-14,31-32H2,1-2H3. The highest BCUT2D eigenvalue weighted by Gasteiger charge is 2.19. The number of fused-ring (bicyclic) bond motifs is 8. The van der Waals surface area contributed by atoms with Crippen LogP contribution < -0.4 is 0 Å². The van der Waals surface area contributed by atoms with Gasteiger partial charge in [0.25, 0.3) is 0 Å². The molecule has 0 radical (unpaired) electrons. The minimum atomic E-state index is 0.995. The van der Waals surface area contributed by atoms with Crippen LogP contribution in [0.5, 0.6) is 0 Å². The molecule has 0 spiro atoms. The normalized spacial score (nSPS) is 11.9. The van der Waals surface area contributed by atoms with Crippen molar-refractivity contribution in [2.45, 2.75) is 78.3 Å². The molecule has 64 heavy (non-hydrogen) atoms. The monoisotopic (exact) mass is 830 g/mol. The number of aryl methyl sites for hydroxylation is 2. The highest BCUT2D eigenvalue weighted by atomic mass is 15.0. The van der Waals surface area contributed by atoms with E-state index in [0.717, 1.165) is 48.4 Å². The van der Waals surface area contributed by atoms with Gasteiger partial charge in [0.15, 0.2) is 0 Å². The number of aromatic nitrogens is 4. The first-order chi connectivity index (χ1) is 31.6. The van der Waals surface area contributed by atoms with Gasteiger partial charge in [-0.2, -0.15) is 0 Å². The summed E-state index contributed by atoms with van der Waals surface area (Å²) >= 11 is 0. The minimum absolute atomic E-state index is 0.995. The smallest absolute Gasteiger partial charge is 0.0708 e. The molecule has 0 aliphatic rings. The molecule has 314 valence electrons. The molecule has 0 unspecified atom stereocenters. The number of pyridine rings is 2. The van der Waals surface area contributed by atoms with Crippen molar-refractivity contribution in [3.63, 3.8) is 0 Å². The van der Waals surface area contributed by atoms with E-state index in [2.05, 4.69) is 181 Å². The maximum atomic E-state index is 4.84. The summed E-state index contributed by atoms with van der Waals surface area (Å²) in [5, 5.41) is 10.3. The van der Waals surface area contributed by atoms with Gasteiger partial charge in [-0.05, 0) is 117 Å². The van der Waals surface area contributed by atoms with E-state index in [-0.39, 0.29) is 0 Å². The van der Waals surface area contributed by atoms with Gasteiger partial charge in [0, 0.05) is 80.2 Å². The number of nitrogens with zero attached hydrogens (tertiary/aromatic N) is 4. The van der Waals surface area contributed by atoms with E-state index < -0.39 is 0 Å². The first-order valence-corrected chi connectivity index (χ1v) is 23.6. The second-order valence-corrected chi connectivity index (χ2v) is 17.8. The molecule has 4 aromatic heterocycles. The summed E-state index contributed by atoms with van der Waals surface area (Å²) in [6.45, 7) is 6.59. The molecule has 0 saturated heterocycles. The highest BCUT2D eigenvalue weighted by Crippen LogP contribution is 2.40. The van der Waals surface area contributed by atoms with Crippen LogP contribution in [0.15, 0.2) is 170 Å². The maximum absolute atomic E-state index is 4.84. The third-order valence-corrected chi connectivity index (χ3v) is 13.6. The Hall–Kier alpha value is -7.04. The predicted molar refractivity (Wildman–Crippen MR) is 273 cm³/mol. The maximum Gasteiger partial charge on any atom is 0.0708 e. The summed E-state index contributed by atoms with van der Waals surface area (Å²) in [5.74, 6) is 0. The molecular weight excluding hydrogens is 777 g/mol. The summed E-state index contributed by atoms with van der Waals surface area (Å²) in [4.78, 5) is 9.68. The van der Waals surface area contributed by atoms with Crippen LogP contribution in [0.4, 0.5) is 0 Å². The lowest BCUT2D eigenvalue weighted by Gasteiger charge is -2.10. The highest BCUT2D eigenvalue weighted by molar-refractivity contribution is 6.18. The summed E-state index contributed by atoms with van der Waals surface area (Å²) in [6.07, 6.45) is 13.7. The van der Waals surface area contributed by atoms with E-state index in [1.165, 1.54) is 126 Å². The molecule has 4 heterocycles. The van der Waals surface area contributed by atoms with Gasteiger partial charge < -0.3 is 9.13 Å². The number of rotatable bonds is 14. The quantitative estimate of drug-likeness (QED) is 0.102. The van der Waals surface area contributed by atoms with Crippen molar-refractivity contribution in [1.82, 2.24) is 19.1 Å². The number of benzene rings is 7. The lowest BCUT2D eigenvalue weighted by Crippen LogP contribution is -1.99. The summed E-state index contributed by atoms with van der Waals surface area (Å²) in [6, 6.07) is 58.5. The van der Waals surface area contributed by atoms with Gasteiger partial charge >= 0.3 is 0 Å². The Morgan fingerprint density at radius 1 is 0.328 bits per heavy atom. The van der Waals surface area contributed by atoms with E-state index in [1.807, 2.05) is 12.4 Å². The third kappa shape index (κ3) is 7.41. The molecule has 11 aromatic rings. The van der Waals surface area contributed by atoms with Crippen LogP contribution in [0.2, 0.25) is 0 Å². The van der Waals surface area contributed by atoms with Crippen molar-refractivity contribution in [3.8, 4) is 44.8 Å². The van der Waals surface area contributed by atoms with Gasteiger partial charge in [0.1, 0.15) is 0 Å². The summed E-state index contributed by atoms with van der Waals surface area (Å²) < 4.78 is 5.25. The van der Waals surface area contributed by atoms with Crippen LogP contribution >= 0.6 is 0 Å². The molecule has 7 aromatic carbocycles. The molecule has 0 aliphatic carbocycles. The fourth-order valence-electron chi connectivity index (χ4n) is 10.1. The zero-order chi connectivity index (χ0) is 43.0. The van der Waals surface area contributed by atoms with Gasteiger partial charge in [-0.3, -0.25) is 9.97 Å². The molecule has 11 rings (SSSR count). The molecule has 0 bridgehead atoms. The first-order valence-electron chi connectivity index (χ1n) is 23.6. The van der Waals surface area contributed by atoms with Gasteiger partial charge in [0.2, 0.25) is 0 Å². The molecule has 4 nitrogen and oxygen atoms in total. The fourth-order valence-corrected chi connectivity index (χ4v) is 10.1. The Morgan fingerprint density at radius 2 is 0.734 bits per heavy atom. The second-order valence-electron chi connectivity index (χ2n) is 17.8. The lowest BCUT2D eigenvalue weighted by atomic mass is 10.00. The van der Waals surface area contributed by atoms with E-state index in [1.54, 1.807) is 0 Å². The van der Waals surface area contributed by atoms with Gasteiger partial charge in [-0.15, -0.1) is 0 Å². The molecule has 0 saturated carbocycles. The average Bonchev–Trinajstić information content (AvgIpc) is 3.82. The van der Waals surface area contributed by atoms with Crippen LogP contribution in [0.25, 0.3) is 110 Å². The van der Waals surface area contributed by atoms with E-state index >= 15 is 0 Å². The first kappa shape index (κ1) is 39.8. The molecule has 0 fully saturated rings. The molecule has 0 N–H and O–H groups in total. The molecule has 0 atom stereocenters. The van der Waals surface area contributed by atoms with Crippen LogP contribution in [0, 0.1) is 0 Å². The van der Waals surface area contributed by atoms with E-state index in [9.17, 15) is 0 Å².